The maximum absolute atomic E-state index is 4.10. The monoisotopic (exact) mass is 219 g/mol. The van der Waals surface area contributed by atoms with Crippen LogP contribution < -0.4 is 0 Å². The number of aromatic nitrogens is 3. The van der Waals surface area contributed by atoms with Crippen molar-refractivity contribution in [3.63, 3.8) is 0 Å². The second-order valence-electron chi connectivity index (χ2n) is 3.20. The van der Waals surface area contributed by atoms with Crippen molar-refractivity contribution >= 4 is 11.8 Å². The average Bonchev–Trinajstić information content (AvgIpc) is 2.67. The first-order chi connectivity index (χ1) is 7.33. The predicted molar refractivity (Wildman–Crippen MR) is 62.5 cm³/mol. The zero-order valence-electron chi connectivity index (χ0n) is 8.84. The van der Waals surface area contributed by atoms with E-state index in [1.165, 1.54) is 5.56 Å². The van der Waals surface area contributed by atoms with Gasteiger partial charge in [-0.05, 0) is 24.3 Å². The zero-order valence-corrected chi connectivity index (χ0v) is 9.66. The maximum atomic E-state index is 4.10. The van der Waals surface area contributed by atoms with Gasteiger partial charge in [-0.2, -0.15) is 0 Å². The van der Waals surface area contributed by atoms with Crippen LogP contribution in [0, 0.1) is 6.92 Å². The van der Waals surface area contributed by atoms with Crippen LogP contribution in [-0.2, 0) is 0 Å². The normalized spacial score (nSPS) is 10.5. The van der Waals surface area contributed by atoms with E-state index in [9.17, 15) is 0 Å². The Labute approximate surface area is 93.5 Å². The fourth-order valence-corrected chi connectivity index (χ4v) is 2.10. The van der Waals surface area contributed by atoms with Gasteiger partial charge >= 0.3 is 0 Å². The molecular formula is C11H13N3S. The first kappa shape index (κ1) is 10.2. The van der Waals surface area contributed by atoms with Gasteiger partial charge in [0.05, 0.1) is 5.69 Å². The Kier molecular flexibility index (Phi) is 3.06. The fourth-order valence-electron chi connectivity index (χ4n) is 1.45. The molecule has 0 aliphatic carbocycles. The van der Waals surface area contributed by atoms with Crippen molar-refractivity contribution in [1.29, 1.82) is 0 Å². The van der Waals surface area contributed by atoms with Crippen molar-refractivity contribution in [3.05, 3.63) is 36.2 Å². The van der Waals surface area contributed by atoms with Gasteiger partial charge in [-0.3, -0.25) is 4.57 Å². The Balaban J connectivity index is 2.45. The molecule has 1 heterocycles. The number of rotatable bonds is 3. The molecule has 78 valence electrons. The van der Waals surface area contributed by atoms with Crippen molar-refractivity contribution in [2.24, 2.45) is 0 Å². The van der Waals surface area contributed by atoms with Crippen LogP contribution in [0.3, 0.4) is 0 Å². The van der Waals surface area contributed by atoms with Crippen molar-refractivity contribution in [3.8, 4) is 5.69 Å². The first-order valence-corrected chi connectivity index (χ1v) is 5.90. The highest BCUT2D eigenvalue weighted by Crippen LogP contribution is 2.20. The topological polar surface area (TPSA) is 30.7 Å². The minimum Gasteiger partial charge on any atom is -0.276 e. The van der Waals surface area contributed by atoms with Gasteiger partial charge in [-0.25, -0.2) is 0 Å². The summed E-state index contributed by atoms with van der Waals surface area (Å²) >= 11 is 1.70. The van der Waals surface area contributed by atoms with Crippen LogP contribution in [0.4, 0.5) is 0 Å². The van der Waals surface area contributed by atoms with E-state index < -0.39 is 0 Å². The van der Waals surface area contributed by atoms with E-state index in [2.05, 4.69) is 36.2 Å². The van der Waals surface area contributed by atoms with Crippen LogP contribution in [0.5, 0.6) is 0 Å². The molecule has 2 aromatic rings. The summed E-state index contributed by atoms with van der Waals surface area (Å²) in [4.78, 5) is 0. The molecule has 0 fully saturated rings. The Morgan fingerprint density at radius 2 is 2.13 bits per heavy atom. The van der Waals surface area contributed by atoms with E-state index in [4.69, 9.17) is 0 Å². The van der Waals surface area contributed by atoms with E-state index >= 15 is 0 Å². The Bertz CT molecular complexity index is 451. The molecule has 4 heteroatoms. The summed E-state index contributed by atoms with van der Waals surface area (Å²) in [6.07, 6.45) is 1.76. The third kappa shape index (κ3) is 2.04. The second-order valence-corrected chi connectivity index (χ2v) is 4.43. The number of hydrogen-bond donors (Lipinski definition) is 0. The van der Waals surface area contributed by atoms with Gasteiger partial charge in [0.2, 0.25) is 0 Å². The van der Waals surface area contributed by atoms with Crippen LogP contribution >= 0.6 is 11.8 Å². The van der Waals surface area contributed by atoms with E-state index in [0.717, 1.165) is 16.6 Å². The van der Waals surface area contributed by atoms with Crippen molar-refractivity contribution in [1.82, 2.24) is 14.8 Å². The summed E-state index contributed by atoms with van der Waals surface area (Å²) in [7, 11) is 0. The highest BCUT2D eigenvalue weighted by molar-refractivity contribution is 7.99. The largest absolute Gasteiger partial charge is 0.276 e. The van der Waals surface area contributed by atoms with Gasteiger partial charge < -0.3 is 0 Å². The number of hydrogen-bond acceptors (Lipinski definition) is 3. The molecule has 3 nitrogen and oxygen atoms in total. The van der Waals surface area contributed by atoms with Crippen LogP contribution in [-0.4, -0.2) is 20.5 Å². The SMILES string of the molecule is CCSc1nncn1-c1ccccc1C. The van der Waals surface area contributed by atoms with Gasteiger partial charge in [0.25, 0.3) is 0 Å². The van der Waals surface area contributed by atoms with Crippen molar-refractivity contribution in [2.75, 3.05) is 5.75 Å². The highest BCUT2D eigenvalue weighted by Gasteiger charge is 2.07. The summed E-state index contributed by atoms with van der Waals surface area (Å²) in [5.41, 5.74) is 2.38. The van der Waals surface area contributed by atoms with Crippen LogP contribution in [0.25, 0.3) is 5.69 Å². The predicted octanol–water partition coefficient (Wildman–Crippen LogP) is 2.69. The molecule has 2 rings (SSSR count). The van der Waals surface area contributed by atoms with Gasteiger partial charge in [0, 0.05) is 0 Å². The smallest absolute Gasteiger partial charge is 0.195 e. The summed E-state index contributed by atoms with van der Waals surface area (Å²) in [5, 5.41) is 9.00. The van der Waals surface area contributed by atoms with Crippen LogP contribution in [0.15, 0.2) is 35.7 Å². The molecule has 1 aromatic heterocycles. The molecular weight excluding hydrogens is 206 g/mol. The molecule has 15 heavy (non-hydrogen) atoms. The molecule has 0 unspecified atom stereocenters. The third-order valence-electron chi connectivity index (χ3n) is 2.16. The molecule has 0 spiro atoms. The standard InChI is InChI=1S/C11H13N3S/c1-3-15-11-13-12-8-14(11)10-7-5-4-6-9(10)2/h4-8H,3H2,1-2H3. The third-order valence-corrected chi connectivity index (χ3v) is 2.99. The Morgan fingerprint density at radius 3 is 2.87 bits per heavy atom. The summed E-state index contributed by atoms with van der Waals surface area (Å²) in [6, 6.07) is 8.24. The fraction of sp³-hybridized carbons (Fsp3) is 0.273. The molecule has 1 aromatic carbocycles. The molecule has 0 radical (unpaired) electrons. The molecule has 0 bridgehead atoms. The Hall–Kier alpha value is -1.29. The number of thioether (sulfide) groups is 1. The molecule has 0 aliphatic rings. The minimum atomic E-state index is 0.951. The molecule has 0 saturated carbocycles. The quantitative estimate of drug-likeness (QED) is 0.744. The van der Waals surface area contributed by atoms with Crippen molar-refractivity contribution in [2.45, 2.75) is 19.0 Å². The molecule has 0 N–H and O–H groups in total. The lowest BCUT2D eigenvalue weighted by atomic mass is 10.2. The van der Waals surface area contributed by atoms with E-state index in [-0.39, 0.29) is 0 Å². The van der Waals surface area contributed by atoms with Gasteiger partial charge in [-0.1, -0.05) is 36.9 Å². The van der Waals surface area contributed by atoms with Crippen LogP contribution in [0.2, 0.25) is 0 Å². The lowest BCUT2D eigenvalue weighted by Crippen LogP contribution is -1.97. The average molecular weight is 219 g/mol. The lowest BCUT2D eigenvalue weighted by Gasteiger charge is -2.07. The highest BCUT2D eigenvalue weighted by atomic mass is 32.2. The first-order valence-electron chi connectivity index (χ1n) is 4.91. The summed E-state index contributed by atoms with van der Waals surface area (Å²) in [6.45, 7) is 4.21. The van der Waals surface area contributed by atoms with Gasteiger partial charge in [0.15, 0.2) is 5.16 Å². The second kappa shape index (κ2) is 4.49. The van der Waals surface area contributed by atoms with Crippen LogP contribution in [0.1, 0.15) is 12.5 Å². The van der Waals surface area contributed by atoms with Gasteiger partial charge in [-0.15, -0.1) is 10.2 Å². The van der Waals surface area contributed by atoms with Gasteiger partial charge in [0.1, 0.15) is 6.33 Å². The molecule has 0 amide bonds. The van der Waals surface area contributed by atoms with E-state index in [0.29, 0.717) is 0 Å². The van der Waals surface area contributed by atoms with Crippen molar-refractivity contribution < 1.29 is 0 Å². The molecule has 0 aliphatic heterocycles. The molecule has 0 atom stereocenters. The van der Waals surface area contributed by atoms with E-state index in [1.54, 1.807) is 18.1 Å². The number of aryl methyl sites for hydroxylation is 1. The number of nitrogens with zero attached hydrogens (tertiary/aromatic N) is 3. The Morgan fingerprint density at radius 1 is 1.33 bits per heavy atom. The zero-order chi connectivity index (χ0) is 10.7. The summed E-state index contributed by atoms with van der Waals surface area (Å²) < 4.78 is 2.03. The minimum absolute atomic E-state index is 0.951. The maximum Gasteiger partial charge on any atom is 0.195 e. The number of para-hydroxylation sites is 1. The van der Waals surface area contributed by atoms with E-state index in [1.807, 2.05) is 16.7 Å². The summed E-state index contributed by atoms with van der Waals surface area (Å²) in [5.74, 6) is 1.00. The number of benzene rings is 1. The molecule has 0 saturated heterocycles. The lowest BCUT2D eigenvalue weighted by molar-refractivity contribution is 0.879.